The quantitative estimate of drug-likeness (QED) is 0.0687. The van der Waals surface area contributed by atoms with E-state index in [4.69, 9.17) is 15.6 Å². The average molecular weight is 580 g/mol. The fourth-order valence-electron chi connectivity index (χ4n) is 5.42. The number of ether oxygens (including phenoxy) is 1. The summed E-state index contributed by atoms with van der Waals surface area (Å²) < 4.78 is 5.36. The minimum Gasteiger partial charge on any atom is -0.481 e. The van der Waals surface area contributed by atoms with Crippen LogP contribution in [0.1, 0.15) is 81.1 Å². The molecule has 6 N–H and O–H groups in total. The molecule has 0 spiro atoms. The lowest BCUT2D eigenvalue weighted by Gasteiger charge is -2.33. The highest BCUT2D eigenvalue weighted by Gasteiger charge is 2.33. The SMILES string of the molecule is C=C/C=C\[C@H](C)C(OC(N)=O)C(C)C(O)C(C)C/C(C)=C\C(C)C(O)[C@@H](C)/C=C\CCCC(C)C(O)[C@@H](C)C(=O)O. The Bertz CT molecular complexity index is 883. The van der Waals surface area contributed by atoms with E-state index in [1.54, 1.807) is 12.2 Å². The summed E-state index contributed by atoms with van der Waals surface area (Å²) in [4.78, 5) is 22.6. The molecule has 0 saturated heterocycles. The number of hydrogen-bond donors (Lipinski definition) is 5. The van der Waals surface area contributed by atoms with E-state index < -0.39 is 42.4 Å². The highest BCUT2D eigenvalue weighted by atomic mass is 16.6. The average Bonchev–Trinajstić information content (AvgIpc) is 2.91. The van der Waals surface area contributed by atoms with E-state index in [9.17, 15) is 24.9 Å². The molecule has 8 unspecified atom stereocenters. The Morgan fingerprint density at radius 1 is 0.878 bits per heavy atom. The highest BCUT2D eigenvalue weighted by molar-refractivity contribution is 5.70. The summed E-state index contributed by atoms with van der Waals surface area (Å²) in [6.07, 6.45) is 10.7. The van der Waals surface area contributed by atoms with Crippen molar-refractivity contribution >= 4 is 12.1 Å². The second-order valence-corrected chi connectivity index (χ2v) is 12.1. The lowest BCUT2D eigenvalue weighted by atomic mass is 9.81. The van der Waals surface area contributed by atoms with Crippen LogP contribution in [0.4, 0.5) is 4.79 Å². The van der Waals surface area contributed by atoms with Gasteiger partial charge in [0, 0.05) is 23.7 Å². The maximum atomic E-state index is 11.5. The van der Waals surface area contributed by atoms with E-state index in [1.807, 2.05) is 72.8 Å². The van der Waals surface area contributed by atoms with Gasteiger partial charge in [0.2, 0.25) is 0 Å². The zero-order chi connectivity index (χ0) is 31.9. The lowest BCUT2D eigenvalue weighted by Crippen LogP contribution is -2.41. The number of carboxylic acids is 1. The molecule has 0 rings (SSSR count). The standard InChI is InChI=1S/C33H57NO7/c1-10-11-15-23(5)31(41-33(34)40)26(8)30(37)25(7)19-20(2)18-24(6)28(35)21(3)16-13-12-14-17-22(4)29(36)27(9)32(38)39/h10-11,13,15-16,18,21-31,35-37H,1,12,14,17,19H2,2-9H3,(H2,34,40)(H,38,39)/b15-11-,16-13-,20-18-/t21-,22?,23-,24?,25?,26?,27+,28?,29?,30?,31?/m0/s1. The smallest absolute Gasteiger partial charge is 0.404 e. The summed E-state index contributed by atoms with van der Waals surface area (Å²) in [5.41, 5.74) is 6.35. The largest absolute Gasteiger partial charge is 0.481 e. The molecule has 0 bridgehead atoms. The molecular weight excluding hydrogens is 522 g/mol. The number of aliphatic hydroxyl groups excluding tert-OH is 3. The van der Waals surface area contributed by atoms with Gasteiger partial charge in [0.15, 0.2) is 0 Å². The minimum atomic E-state index is -0.990. The highest BCUT2D eigenvalue weighted by Crippen LogP contribution is 2.29. The number of amides is 1. The van der Waals surface area contributed by atoms with Crippen LogP contribution in [-0.4, -0.2) is 56.9 Å². The Morgan fingerprint density at radius 2 is 1.49 bits per heavy atom. The molecule has 8 heteroatoms. The third-order valence-corrected chi connectivity index (χ3v) is 8.18. The van der Waals surface area contributed by atoms with Gasteiger partial charge in [-0.1, -0.05) is 90.2 Å². The van der Waals surface area contributed by atoms with Gasteiger partial charge in [-0.2, -0.15) is 0 Å². The Kier molecular flexibility index (Phi) is 18.5. The number of hydrogen-bond acceptors (Lipinski definition) is 6. The Balaban J connectivity index is 4.98. The number of carbonyl (C=O) groups is 2. The molecule has 0 saturated carbocycles. The number of primary amides is 1. The molecule has 0 aromatic heterocycles. The number of allylic oxidation sites excluding steroid dienone is 4. The number of carbonyl (C=O) groups excluding carboxylic acids is 1. The Morgan fingerprint density at radius 3 is 2.02 bits per heavy atom. The topological polar surface area (TPSA) is 150 Å². The predicted octanol–water partition coefficient (Wildman–Crippen LogP) is 5.88. The van der Waals surface area contributed by atoms with Crippen molar-refractivity contribution in [3.63, 3.8) is 0 Å². The number of aliphatic hydroxyl groups is 3. The van der Waals surface area contributed by atoms with E-state index in [-0.39, 0.29) is 35.5 Å². The van der Waals surface area contributed by atoms with Crippen molar-refractivity contribution in [3.8, 4) is 0 Å². The van der Waals surface area contributed by atoms with Crippen molar-refractivity contribution in [1.29, 1.82) is 0 Å². The molecule has 1 amide bonds. The van der Waals surface area contributed by atoms with Crippen LogP contribution in [-0.2, 0) is 9.53 Å². The van der Waals surface area contributed by atoms with Crippen LogP contribution >= 0.6 is 0 Å². The first-order valence-electron chi connectivity index (χ1n) is 14.9. The molecular formula is C33H57NO7. The van der Waals surface area contributed by atoms with Gasteiger partial charge in [0.25, 0.3) is 0 Å². The molecule has 0 radical (unpaired) electrons. The van der Waals surface area contributed by atoms with E-state index in [0.29, 0.717) is 6.42 Å². The molecule has 0 aliphatic carbocycles. The molecule has 11 atom stereocenters. The summed E-state index contributed by atoms with van der Waals surface area (Å²) >= 11 is 0. The van der Waals surface area contributed by atoms with Crippen molar-refractivity contribution in [2.45, 2.75) is 105 Å². The fraction of sp³-hybridized carbons (Fsp3) is 0.697. The third kappa shape index (κ3) is 14.3. The van der Waals surface area contributed by atoms with E-state index >= 15 is 0 Å². The molecule has 0 aromatic carbocycles. The minimum absolute atomic E-state index is 0.0658. The van der Waals surface area contributed by atoms with Gasteiger partial charge >= 0.3 is 12.1 Å². The number of carboxylic acid groups (broad SMARTS) is 1. The molecule has 0 fully saturated rings. The third-order valence-electron chi connectivity index (χ3n) is 8.18. The maximum Gasteiger partial charge on any atom is 0.404 e. The van der Waals surface area contributed by atoms with Crippen LogP contribution in [0.5, 0.6) is 0 Å². The zero-order valence-electron chi connectivity index (χ0n) is 26.4. The second-order valence-electron chi connectivity index (χ2n) is 12.1. The number of rotatable bonds is 20. The zero-order valence-corrected chi connectivity index (χ0v) is 26.4. The molecule has 0 aliphatic heterocycles. The number of aliphatic carboxylic acids is 1. The van der Waals surface area contributed by atoms with Gasteiger partial charge in [-0.05, 0) is 51.4 Å². The van der Waals surface area contributed by atoms with Gasteiger partial charge in [0.1, 0.15) is 6.10 Å². The van der Waals surface area contributed by atoms with Gasteiger partial charge in [-0.25, -0.2) is 4.79 Å². The molecule has 0 aromatic rings. The monoisotopic (exact) mass is 579 g/mol. The molecule has 41 heavy (non-hydrogen) atoms. The first-order valence-corrected chi connectivity index (χ1v) is 14.9. The molecule has 8 nitrogen and oxygen atoms in total. The van der Waals surface area contributed by atoms with Crippen molar-refractivity contribution < 1.29 is 34.8 Å². The van der Waals surface area contributed by atoms with E-state index in [0.717, 1.165) is 24.8 Å². The molecule has 0 heterocycles. The number of unbranched alkanes of at least 4 members (excludes halogenated alkanes) is 1. The van der Waals surface area contributed by atoms with Crippen molar-refractivity contribution in [1.82, 2.24) is 0 Å². The van der Waals surface area contributed by atoms with Crippen LogP contribution in [0.25, 0.3) is 0 Å². The van der Waals surface area contributed by atoms with Crippen molar-refractivity contribution in [2.24, 2.45) is 47.2 Å². The van der Waals surface area contributed by atoms with E-state index in [2.05, 4.69) is 6.58 Å². The van der Waals surface area contributed by atoms with Gasteiger partial charge in [-0.15, -0.1) is 0 Å². The normalized spacial score (nSPS) is 20.8. The molecule has 0 aliphatic rings. The van der Waals surface area contributed by atoms with Gasteiger partial charge < -0.3 is 30.9 Å². The Hall–Kier alpha value is -2.42. The number of nitrogens with two attached hydrogens (primary N) is 1. The fourth-order valence-corrected chi connectivity index (χ4v) is 5.42. The maximum absolute atomic E-state index is 11.5. The first-order chi connectivity index (χ1) is 19.0. The summed E-state index contributed by atoms with van der Waals surface area (Å²) in [6, 6.07) is 0. The van der Waals surface area contributed by atoms with Crippen molar-refractivity contribution in [3.05, 3.63) is 48.6 Å². The molecule has 236 valence electrons. The van der Waals surface area contributed by atoms with Crippen LogP contribution in [0, 0.1) is 41.4 Å². The first kappa shape index (κ1) is 38.6. The van der Waals surface area contributed by atoms with Crippen LogP contribution in [0.15, 0.2) is 48.6 Å². The summed E-state index contributed by atoms with van der Waals surface area (Å²) in [7, 11) is 0. The van der Waals surface area contributed by atoms with Gasteiger partial charge in [0.05, 0.1) is 24.2 Å². The van der Waals surface area contributed by atoms with E-state index in [1.165, 1.54) is 6.92 Å². The lowest BCUT2D eigenvalue weighted by molar-refractivity contribution is -0.146. The summed E-state index contributed by atoms with van der Waals surface area (Å²) in [5, 5.41) is 41.2. The van der Waals surface area contributed by atoms with Crippen LogP contribution < -0.4 is 5.73 Å². The van der Waals surface area contributed by atoms with Gasteiger partial charge in [-0.3, -0.25) is 4.79 Å². The second kappa shape index (κ2) is 19.7. The van der Waals surface area contributed by atoms with Crippen molar-refractivity contribution in [2.75, 3.05) is 0 Å². The summed E-state index contributed by atoms with van der Waals surface area (Å²) in [6.45, 7) is 18.7. The van der Waals surface area contributed by atoms with Crippen LogP contribution in [0.3, 0.4) is 0 Å². The van der Waals surface area contributed by atoms with Crippen LogP contribution in [0.2, 0.25) is 0 Å². The predicted molar refractivity (Wildman–Crippen MR) is 165 cm³/mol. The Labute approximate surface area is 248 Å². The summed E-state index contributed by atoms with van der Waals surface area (Å²) in [5.74, 6) is -2.67.